The first kappa shape index (κ1) is 12.4. The molecule has 0 unspecified atom stereocenters. The van der Waals surface area contributed by atoms with Gasteiger partial charge < -0.3 is 9.88 Å². The van der Waals surface area contributed by atoms with Crippen molar-refractivity contribution in [1.82, 2.24) is 4.57 Å². The largest absolute Gasteiger partial charge is 0.383 e. The van der Waals surface area contributed by atoms with Crippen molar-refractivity contribution in [3.8, 4) is 0 Å². The molecule has 94 valence electrons. The molecule has 0 amide bonds. The molecule has 0 aliphatic carbocycles. The van der Waals surface area contributed by atoms with Crippen LogP contribution in [-0.2, 0) is 6.54 Å². The molecule has 0 atom stereocenters. The van der Waals surface area contributed by atoms with E-state index in [-0.39, 0.29) is 5.56 Å². The van der Waals surface area contributed by atoms with Crippen LogP contribution in [0.4, 0.5) is 5.69 Å². The zero-order chi connectivity index (χ0) is 13.0. The molecule has 0 saturated heterocycles. The normalized spacial score (nSPS) is 10.3. The maximum atomic E-state index is 11.5. The van der Waals surface area contributed by atoms with Crippen LogP contribution in [0.25, 0.3) is 0 Å². The molecule has 0 fully saturated rings. The Morgan fingerprint density at radius 3 is 2.72 bits per heavy atom. The van der Waals surface area contributed by atoms with E-state index in [0.717, 1.165) is 12.2 Å². The van der Waals surface area contributed by atoms with Gasteiger partial charge in [-0.1, -0.05) is 18.2 Å². The van der Waals surface area contributed by atoms with Gasteiger partial charge in [0.2, 0.25) is 0 Å². The molecule has 0 bridgehead atoms. The van der Waals surface area contributed by atoms with Gasteiger partial charge in [0, 0.05) is 31.0 Å². The maximum Gasteiger partial charge on any atom is 0.250 e. The highest BCUT2D eigenvalue weighted by Gasteiger charge is 1.99. The topological polar surface area (TPSA) is 34.0 Å². The zero-order valence-corrected chi connectivity index (χ0v) is 10.8. The molecule has 2 rings (SSSR count). The predicted molar refractivity (Wildman–Crippen MR) is 75.1 cm³/mol. The Kier molecular flexibility index (Phi) is 3.82. The quantitative estimate of drug-likeness (QED) is 0.894. The SMILES string of the molecule is Cc1cccc(NCCn2ccccc2=O)c1C. The van der Waals surface area contributed by atoms with Gasteiger partial charge in [-0.25, -0.2) is 0 Å². The standard InChI is InChI=1S/C15H18N2O/c1-12-6-5-7-14(13(12)2)16-9-11-17-10-4-3-8-15(17)18/h3-8,10,16H,9,11H2,1-2H3. The fourth-order valence-corrected chi connectivity index (χ4v) is 1.90. The molecule has 0 saturated carbocycles. The summed E-state index contributed by atoms with van der Waals surface area (Å²) < 4.78 is 1.71. The average molecular weight is 242 g/mol. The highest BCUT2D eigenvalue weighted by Crippen LogP contribution is 2.17. The summed E-state index contributed by atoms with van der Waals surface area (Å²) >= 11 is 0. The van der Waals surface area contributed by atoms with Crippen LogP contribution >= 0.6 is 0 Å². The Morgan fingerprint density at radius 1 is 1.11 bits per heavy atom. The minimum Gasteiger partial charge on any atom is -0.383 e. The van der Waals surface area contributed by atoms with Crippen LogP contribution in [-0.4, -0.2) is 11.1 Å². The summed E-state index contributed by atoms with van der Waals surface area (Å²) in [4.78, 5) is 11.5. The first-order valence-corrected chi connectivity index (χ1v) is 6.14. The molecule has 1 N–H and O–H groups in total. The zero-order valence-electron chi connectivity index (χ0n) is 10.8. The number of aromatic nitrogens is 1. The van der Waals surface area contributed by atoms with Gasteiger partial charge >= 0.3 is 0 Å². The van der Waals surface area contributed by atoms with Crippen molar-refractivity contribution in [3.63, 3.8) is 0 Å². The van der Waals surface area contributed by atoms with E-state index in [1.165, 1.54) is 11.1 Å². The van der Waals surface area contributed by atoms with Crippen LogP contribution < -0.4 is 10.9 Å². The molecule has 2 aromatic rings. The second kappa shape index (κ2) is 5.54. The summed E-state index contributed by atoms with van der Waals surface area (Å²) in [5.41, 5.74) is 3.72. The monoisotopic (exact) mass is 242 g/mol. The van der Waals surface area contributed by atoms with Crippen molar-refractivity contribution in [1.29, 1.82) is 0 Å². The van der Waals surface area contributed by atoms with Gasteiger partial charge in [-0.2, -0.15) is 0 Å². The van der Waals surface area contributed by atoms with Gasteiger partial charge in [0.25, 0.3) is 5.56 Å². The van der Waals surface area contributed by atoms with Gasteiger partial charge in [0.1, 0.15) is 0 Å². The fourth-order valence-electron chi connectivity index (χ4n) is 1.90. The highest BCUT2D eigenvalue weighted by molar-refractivity contribution is 5.53. The molecule has 1 heterocycles. The smallest absolute Gasteiger partial charge is 0.250 e. The molecule has 1 aromatic heterocycles. The van der Waals surface area contributed by atoms with E-state index in [9.17, 15) is 4.79 Å². The lowest BCUT2D eigenvalue weighted by atomic mass is 10.1. The van der Waals surface area contributed by atoms with Gasteiger partial charge in [-0.3, -0.25) is 4.79 Å². The fraction of sp³-hybridized carbons (Fsp3) is 0.267. The number of rotatable bonds is 4. The Bertz CT molecular complexity index is 587. The molecule has 0 spiro atoms. The molecule has 3 heteroatoms. The van der Waals surface area contributed by atoms with Crippen molar-refractivity contribution in [2.45, 2.75) is 20.4 Å². The average Bonchev–Trinajstić information content (AvgIpc) is 2.37. The molecule has 0 aliphatic heterocycles. The molecule has 1 aromatic carbocycles. The van der Waals surface area contributed by atoms with Crippen molar-refractivity contribution < 1.29 is 0 Å². The first-order chi connectivity index (χ1) is 8.68. The Balaban J connectivity index is 1.99. The molecule has 3 nitrogen and oxygen atoms in total. The number of nitrogens with one attached hydrogen (secondary N) is 1. The van der Waals surface area contributed by atoms with Gasteiger partial charge in [-0.05, 0) is 37.1 Å². The number of aryl methyl sites for hydroxylation is 1. The van der Waals surface area contributed by atoms with Crippen molar-refractivity contribution in [2.75, 3.05) is 11.9 Å². The summed E-state index contributed by atoms with van der Waals surface area (Å²) in [5, 5.41) is 3.37. The van der Waals surface area contributed by atoms with Gasteiger partial charge in [-0.15, -0.1) is 0 Å². The molecular formula is C15H18N2O. The number of nitrogens with zero attached hydrogens (tertiary/aromatic N) is 1. The highest BCUT2D eigenvalue weighted by atomic mass is 16.1. The number of hydrogen-bond acceptors (Lipinski definition) is 2. The summed E-state index contributed by atoms with van der Waals surface area (Å²) in [6.07, 6.45) is 1.81. The molecule has 0 aliphatic rings. The van der Waals surface area contributed by atoms with Crippen LogP contribution in [0.1, 0.15) is 11.1 Å². The van der Waals surface area contributed by atoms with Crippen molar-refractivity contribution in [3.05, 3.63) is 64.1 Å². The van der Waals surface area contributed by atoms with Crippen molar-refractivity contribution in [2.24, 2.45) is 0 Å². The van der Waals surface area contributed by atoms with E-state index in [2.05, 4.69) is 31.3 Å². The number of benzene rings is 1. The Hall–Kier alpha value is -2.03. The summed E-state index contributed by atoms with van der Waals surface area (Å²) in [6.45, 7) is 5.62. The Morgan fingerprint density at radius 2 is 1.94 bits per heavy atom. The van der Waals surface area contributed by atoms with Crippen LogP contribution in [0.15, 0.2) is 47.4 Å². The second-order valence-corrected chi connectivity index (χ2v) is 4.41. The van der Waals surface area contributed by atoms with Gasteiger partial charge in [0.05, 0.1) is 0 Å². The minimum atomic E-state index is 0.0419. The lowest BCUT2D eigenvalue weighted by Crippen LogP contribution is -2.22. The minimum absolute atomic E-state index is 0.0419. The molecule has 18 heavy (non-hydrogen) atoms. The molecular weight excluding hydrogens is 224 g/mol. The van der Waals surface area contributed by atoms with Crippen molar-refractivity contribution >= 4 is 5.69 Å². The first-order valence-electron chi connectivity index (χ1n) is 6.14. The summed E-state index contributed by atoms with van der Waals surface area (Å²) in [7, 11) is 0. The second-order valence-electron chi connectivity index (χ2n) is 4.41. The third-order valence-electron chi connectivity index (χ3n) is 3.17. The summed E-state index contributed by atoms with van der Waals surface area (Å²) in [5.74, 6) is 0. The Labute approximate surface area is 107 Å². The molecule has 0 radical (unpaired) electrons. The van der Waals surface area contributed by atoms with E-state index in [1.54, 1.807) is 16.7 Å². The summed E-state index contributed by atoms with van der Waals surface area (Å²) in [6, 6.07) is 11.4. The van der Waals surface area contributed by atoms with E-state index >= 15 is 0 Å². The van der Waals surface area contributed by atoms with Crippen LogP contribution in [0.3, 0.4) is 0 Å². The van der Waals surface area contributed by atoms with E-state index in [1.807, 2.05) is 18.3 Å². The van der Waals surface area contributed by atoms with Crippen LogP contribution in [0, 0.1) is 13.8 Å². The van der Waals surface area contributed by atoms with Gasteiger partial charge in [0.15, 0.2) is 0 Å². The maximum absolute atomic E-state index is 11.5. The third-order valence-corrected chi connectivity index (χ3v) is 3.17. The van der Waals surface area contributed by atoms with E-state index < -0.39 is 0 Å². The van der Waals surface area contributed by atoms with Crippen LogP contribution in [0.2, 0.25) is 0 Å². The number of anilines is 1. The lowest BCUT2D eigenvalue weighted by Gasteiger charge is -2.12. The number of hydrogen-bond donors (Lipinski definition) is 1. The van der Waals surface area contributed by atoms with E-state index in [0.29, 0.717) is 6.54 Å². The lowest BCUT2D eigenvalue weighted by molar-refractivity contribution is 0.697. The van der Waals surface area contributed by atoms with E-state index in [4.69, 9.17) is 0 Å². The van der Waals surface area contributed by atoms with Crippen LogP contribution in [0.5, 0.6) is 0 Å². The number of pyridine rings is 1. The third kappa shape index (κ3) is 2.80. The predicted octanol–water partition coefficient (Wildman–Crippen LogP) is 2.58.